The molecule has 0 aliphatic rings. The van der Waals surface area contributed by atoms with E-state index in [0.717, 1.165) is 33.8 Å². The van der Waals surface area contributed by atoms with E-state index >= 15 is 0 Å². The van der Waals surface area contributed by atoms with E-state index in [-0.39, 0.29) is 0 Å². The highest BCUT2D eigenvalue weighted by atomic mass is 16.5. The van der Waals surface area contributed by atoms with Gasteiger partial charge in [0.25, 0.3) is 0 Å². The normalized spacial score (nSPS) is 10.9. The number of ether oxygens (including phenoxy) is 1. The summed E-state index contributed by atoms with van der Waals surface area (Å²) in [7, 11) is 1.71. The lowest BCUT2D eigenvalue weighted by Crippen LogP contribution is -1.92. The average molecular weight is 252 g/mol. The molecule has 2 aromatic heterocycles. The fourth-order valence-electron chi connectivity index (χ4n) is 2.49. The summed E-state index contributed by atoms with van der Waals surface area (Å²) in [5.74, 6) is 0.951. The highest BCUT2D eigenvalue weighted by Crippen LogP contribution is 2.29. The number of hydrogen-bond acceptors (Lipinski definition) is 2. The Morgan fingerprint density at radius 3 is 2.47 bits per heavy atom. The zero-order valence-corrected chi connectivity index (χ0v) is 11.3. The van der Waals surface area contributed by atoms with Crippen molar-refractivity contribution in [3.8, 4) is 17.0 Å². The Morgan fingerprint density at radius 2 is 1.84 bits per heavy atom. The smallest absolute Gasteiger partial charge is 0.137 e. The van der Waals surface area contributed by atoms with E-state index in [4.69, 9.17) is 4.74 Å². The van der Waals surface area contributed by atoms with Crippen LogP contribution in [-0.4, -0.2) is 16.5 Å². The summed E-state index contributed by atoms with van der Waals surface area (Å²) in [6.07, 6.45) is 4.06. The number of aromatic nitrogens is 2. The monoisotopic (exact) mass is 252 g/mol. The van der Waals surface area contributed by atoms with E-state index in [2.05, 4.69) is 37.2 Å². The first-order valence-corrected chi connectivity index (χ1v) is 6.28. The van der Waals surface area contributed by atoms with Crippen LogP contribution < -0.4 is 4.74 Å². The van der Waals surface area contributed by atoms with Crippen LogP contribution in [0.25, 0.3) is 16.9 Å². The van der Waals surface area contributed by atoms with Gasteiger partial charge in [-0.2, -0.15) is 0 Å². The molecule has 0 fully saturated rings. The Morgan fingerprint density at radius 1 is 1.11 bits per heavy atom. The van der Waals surface area contributed by atoms with E-state index in [9.17, 15) is 0 Å². The third-order valence-electron chi connectivity index (χ3n) is 3.32. The zero-order chi connectivity index (χ0) is 13.4. The third kappa shape index (κ3) is 1.97. The van der Waals surface area contributed by atoms with Crippen LogP contribution in [0.5, 0.6) is 5.75 Å². The summed E-state index contributed by atoms with van der Waals surface area (Å²) < 4.78 is 7.43. The number of benzene rings is 1. The van der Waals surface area contributed by atoms with Crippen LogP contribution in [0.4, 0.5) is 0 Å². The molecule has 0 aliphatic carbocycles. The van der Waals surface area contributed by atoms with Gasteiger partial charge in [0.05, 0.1) is 12.8 Å². The van der Waals surface area contributed by atoms with E-state index < -0.39 is 0 Å². The average Bonchev–Trinajstić information content (AvgIpc) is 2.82. The highest BCUT2D eigenvalue weighted by Gasteiger charge is 2.09. The van der Waals surface area contributed by atoms with Crippen LogP contribution in [0.1, 0.15) is 11.1 Å². The molecule has 19 heavy (non-hydrogen) atoms. The van der Waals surface area contributed by atoms with Gasteiger partial charge in [-0.25, -0.2) is 4.98 Å². The summed E-state index contributed by atoms with van der Waals surface area (Å²) in [5.41, 5.74) is 5.34. The Bertz CT molecular complexity index is 687. The van der Waals surface area contributed by atoms with Gasteiger partial charge >= 0.3 is 0 Å². The first-order chi connectivity index (χ1) is 9.19. The lowest BCUT2D eigenvalue weighted by atomic mass is 10.0. The van der Waals surface area contributed by atoms with Crippen LogP contribution in [0.2, 0.25) is 0 Å². The van der Waals surface area contributed by atoms with Gasteiger partial charge in [-0.05, 0) is 49.2 Å². The molecule has 0 unspecified atom stereocenters. The standard InChI is InChI=1S/C16H16N2O/c1-11-8-13(9-12(2)16(11)19-3)14-10-18-7-5-4-6-15(18)17-14/h4-10H,1-3H3. The lowest BCUT2D eigenvalue weighted by molar-refractivity contribution is 0.408. The van der Waals surface area contributed by atoms with Crippen molar-refractivity contribution in [3.05, 3.63) is 53.9 Å². The van der Waals surface area contributed by atoms with Gasteiger partial charge in [0.1, 0.15) is 11.4 Å². The molecule has 3 aromatic rings. The summed E-state index contributed by atoms with van der Waals surface area (Å²) in [6, 6.07) is 10.2. The topological polar surface area (TPSA) is 26.5 Å². The lowest BCUT2D eigenvalue weighted by Gasteiger charge is -2.10. The summed E-state index contributed by atoms with van der Waals surface area (Å²) in [4.78, 5) is 4.64. The number of aryl methyl sites for hydroxylation is 2. The maximum absolute atomic E-state index is 5.40. The van der Waals surface area contributed by atoms with Crippen molar-refractivity contribution < 1.29 is 4.74 Å². The number of imidazole rings is 1. The molecule has 1 aromatic carbocycles. The Kier molecular flexibility index (Phi) is 2.75. The highest BCUT2D eigenvalue weighted by molar-refractivity contribution is 5.66. The van der Waals surface area contributed by atoms with Gasteiger partial charge < -0.3 is 9.14 Å². The van der Waals surface area contributed by atoms with Gasteiger partial charge in [0, 0.05) is 18.0 Å². The number of fused-ring (bicyclic) bond motifs is 1. The largest absolute Gasteiger partial charge is 0.496 e. The van der Waals surface area contributed by atoms with Crippen molar-refractivity contribution in [2.45, 2.75) is 13.8 Å². The van der Waals surface area contributed by atoms with E-state index in [1.807, 2.05) is 28.8 Å². The van der Waals surface area contributed by atoms with Crippen LogP contribution in [0.3, 0.4) is 0 Å². The van der Waals surface area contributed by atoms with Gasteiger partial charge in [0.2, 0.25) is 0 Å². The number of nitrogens with zero attached hydrogens (tertiary/aromatic N) is 2. The molecular formula is C16H16N2O. The molecule has 3 rings (SSSR count). The molecule has 0 aliphatic heterocycles. The first-order valence-electron chi connectivity index (χ1n) is 6.28. The minimum absolute atomic E-state index is 0.951. The second-order valence-corrected chi connectivity index (χ2v) is 4.74. The van der Waals surface area contributed by atoms with Crippen LogP contribution in [0, 0.1) is 13.8 Å². The van der Waals surface area contributed by atoms with Crippen molar-refractivity contribution in [2.24, 2.45) is 0 Å². The first kappa shape index (κ1) is 11.8. The minimum Gasteiger partial charge on any atom is -0.496 e. The summed E-state index contributed by atoms with van der Waals surface area (Å²) >= 11 is 0. The fraction of sp³-hybridized carbons (Fsp3) is 0.188. The quantitative estimate of drug-likeness (QED) is 0.696. The Balaban J connectivity index is 2.16. The summed E-state index contributed by atoms with van der Waals surface area (Å²) in [5, 5.41) is 0. The number of rotatable bonds is 2. The molecule has 0 saturated heterocycles. The van der Waals surface area contributed by atoms with Gasteiger partial charge in [0.15, 0.2) is 0 Å². The molecule has 0 N–H and O–H groups in total. The predicted molar refractivity (Wildman–Crippen MR) is 76.7 cm³/mol. The molecule has 0 amide bonds. The molecule has 0 atom stereocenters. The number of hydrogen-bond donors (Lipinski definition) is 0. The Hall–Kier alpha value is -2.29. The molecule has 0 spiro atoms. The molecule has 3 nitrogen and oxygen atoms in total. The van der Waals surface area contributed by atoms with Crippen LogP contribution >= 0.6 is 0 Å². The third-order valence-corrected chi connectivity index (χ3v) is 3.32. The van der Waals surface area contributed by atoms with Crippen molar-refractivity contribution in [3.63, 3.8) is 0 Å². The molecule has 0 bridgehead atoms. The van der Waals surface area contributed by atoms with Crippen LogP contribution in [0.15, 0.2) is 42.7 Å². The SMILES string of the molecule is COc1c(C)cc(-c2cn3ccccc3n2)cc1C. The minimum atomic E-state index is 0.951. The van der Waals surface area contributed by atoms with Gasteiger partial charge in [-0.1, -0.05) is 6.07 Å². The van der Waals surface area contributed by atoms with E-state index in [1.54, 1.807) is 7.11 Å². The molecule has 0 radical (unpaired) electrons. The predicted octanol–water partition coefficient (Wildman–Crippen LogP) is 3.63. The van der Waals surface area contributed by atoms with Gasteiger partial charge in [-0.15, -0.1) is 0 Å². The molecule has 96 valence electrons. The van der Waals surface area contributed by atoms with Crippen molar-refractivity contribution in [1.29, 1.82) is 0 Å². The second kappa shape index (κ2) is 4.43. The van der Waals surface area contributed by atoms with Crippen molar-refractivity contribution >= 4 is 5.65 Å². The molecular weight excluding hydrogens is 236 g/mol. The fourth-order valence-corrected chi connectivity index (χ4v) is 2.49. The zero-order valence-electron chi connectivity index (χ0n) is 11.3. The summed E-state index contributed by atoms with van der Waals surface area (Å²) in [6.45, 7) is 4.12. The van der Waals surface area contributed by atoms with E-state index in [1.165, 1.54) is 0 Å². The number of methoxy groups -OCH3 is 1. The molecule has 3 heteroatoms. The second-order valence-electron chi connectivity index (χ2n) is 4.74. The maximum Gasteiger partial charge on any atom is 0.137 e. The van der Waals surface area contributed by atoms with Gasteiger partial charge in [-0.3, -0.25) is 0 Å². The van der Waals surface area contributed by atoms with Crippen molar-refractivity contribution in [2.75, 3.05) is 7.11 Å². The number of pyridine rings is 1. The van der Waals surface area contributed by atoms with E-state index in [0.29, 0.717) is 0 Å². The maximum atomic E-state index is 5.40. The van der Waals surface area contributed by atoms with Crippen LogP contribution in [-0.2, 0) is 0 Å². The Labute approximate surface area is 112 Å². The van der Waals surface area contributed by atoms with Crippen molar-refractivity contribution in [1.82, 2.24) is 9.38 Å². The molecule has 2 heterocycles. The molecule has 0 saturated carbocycles.